The van der Waals surface area contributed by atoms with Crippen molar-refractivity contribution in [3.8, 4) is 0 Å². The van der Waals surface area contributed by atoms with E-state index < -0.39 is 5.60 Å². The molecule has 1 aliphatic carbocycles. The summed E-state index contributed by atoms with van der Waals surface area (Å²) in [7, 11) is 1.71. The first-order valence-corrected chi connectivity index (χ1v) is 9.39. The average Bonchev–Trinajstić information content (AvgIpc) is 3.32. The number of ether oxygens (including phenoxy) is 2. The van der Waals surface area contributed by atoms with E-state index >= 15 is 0 Å². The van der Waals surface area contributed by atoms with Gasteiger partial charge in [-0.25, -0.2) is 4.98 Å². The van der Waals surface area contributed by atoms with Crippen molar-refractivity contribution in [1.29, 1.82) is 0 Å². The molecule has 1 unspecified atom stereocenters. The molecule has 3 fully saturated rings. The molecular formula is C20H24N4O3. The van der Waals surface area contributed by atoms with E-state index in [2.05, 4.69) is 33.9 Å². The van der Waals surface area contributed by atoms with Crippen LogP contribution in [-0.2, 0) is 19.9 Å². The van der Waals surface area contributed by atoms with Gasteiger partial charge in [-0.3, -0.25) is 4.79 Å². The van der Waals surface area contributed by atoms with Crippen molar-refractivity contribution in [3.05, 3.63) is 47.6 Å². The number of hydrogen-bond acceptors (Lipinski definition) is 6. The molecule has 4 heterocycles. The lowest BCUT2D eigenvalue weighted by Crippen LogP contribution is -2.49. The number of pyridine rings is 1. The Morgan fingerprint density at radius 3 is 2.85 bits per heavy atom. The zero-order valence-electron chi connectivity index (χ0n) is 15.6. The summed E-state index contributed by atoms with van der Waals surface area (Å²) < 4.78 is 11.1. The van der Waals surface area contributed by atoms with Crippen molar-refractivity contribution in [2.24, 2.45) is 5.41 Å². The molecule has 1 amide bonds. The summed E-state index contributed by atoms with van der Waals surface area (Å²) in [6.07, 6.45) is 6.57. The number of nitrogens with one attached hydrogen (secondary N) is 2. The minimum absolute atomic E-state index is 0.0802. The zero-order chi connectivity index (χ0) is 18.6. The minimum Gasteiger partial charge on any atom is -0.374 e. The summed E-state index contributed by atoms with van der Waals surface area (Å²) in [6, 6.07) is 6.21. The third-order valence-electron chi connectivity index (χ3n) is 6.17. The van der Waals surface area contributed by atoms with Crippen molar-refractivity contribution < 1.29 is 14.3 Å². The van der Waals surface area contributed by atoms with E-state index in [9.17, 15) is 4.79 Å². The topological polar surface area (TPSA) is 75.7 Å². The lowest BCUT2D eigenvalue weighted by Gasteiger charge is -2.39. The molecule has 4 aliphatic rings. The predicted octanol–water partition coefficient (Wildman–Crippen LogP) is 1.39. The molecule has 1 aromatic rings. The van der Waals surface area contributed by atoms with Crippen LogP contribution in [0.15, 0.2) is 41.9 Å². The Morgan fingerprint density at radius 1 is 1.41 bits per heavy atom. The van der Waals surface area contributed by atoms with Gasteiger partial charge in [0.25, 0.3) is 0 Å². The fourth-order valence-corrected chi connectivity index (χ4v) is 4.36. The minimum atomic E-state index is -0.434. The number of nitrogens with zero attached hydrogens (tertiary/aromatic N) is 2. The Labute approximate surface area is 158 Å². The first kappa shape index (κ1) is 16.8. The summed E-state index contributed by atoms with van der Waals surface area (Å²) in [4.78, 5) is 18.7. The summed E-state index contributed by atoms with van der Waals surface area (Å²) in [5, 5.41) is 6.10. The van der Waals surface area contributed by atoms with Crippen LogP contribution >= 0.6 is 0 Å². The number of amides is 1. The number of methoxy groups -OCH3 is 1. The fourth-order valence-electron chi connectivity index (χ4n) is 4.36. The number of hydrogen-bond donors (Lipinski definition) is 2. The molecule has 1 spiro atoms. The molecule has 3 aliphatic heterocycles. The molecular weight excluding hydrogens is 344 g/mol. The number of dihydropyridines is 1. The molecule has 7 heteroatoms. The van der Waals surface area contributed by atoms with Crippen LogP contribution in [-0.4, -0.2) is 43.8 Å². The van der Waals surface area contributed by atoms with E-state index in [0.29, 0.717) is 13.2 Å². The van der Waals surface area contributed by atoms with Gasteiger partial charge in [0.15, 0.2) is 5.60 Å². The molecule has 2 N–H and O–H groups in total. The molecule has 0 aromatic carbocycles. The Morgan fingerprint density at radius 2 is 2.22 bits per heavy atom. The van der Waals surface area contributed by atoms with Crippen LogP contribution in [0.5, 0.6) is 0 Å². The van der Waals surface area contributed by atoms with Gasteiger partial charge in [-0.15, -0.1) is 0 Å². The van der Waals surface area contributed by atoms with Gasteiger partial charge in [0, 0.05) is 32.2 Å². The van der Waals surface area contributed by atoms with Crippen LogP contribution in [0, 0.1) is 5.41 Å². The maximum absolute atomic E-state index is 11.5. The van der Waals surface area contributed by atoms with Gasteiger partial charge in [-0.05, 0) is 36.6 Å². The second-order valence-corrected chi connectivity index (χ2v) is 7.93. The number of fused-ring (bicyclic) bond motifs is 2. The van der Waals surface area contributed by atoms with E-state index in [4.69, 9.17) is 14.5 Å². The summed E-state index contributed by atoms with van der Waals surface area (Å²) in [5.74, 6) is 1.59. The molecule has 27 heavy (non-hydrogen) atoms. The highest BCUT2D eigenvalue weighted by Gasteiger charge is 2.56. The van der Waals surface area contributed by atoms with Crippen LogP contribution in [0.25, 0.3) is 0 Å². The Kier molecular flexibility index (Phi) is 3.61. The fraction of sp³-hybridized carbons (Fsp3) is 0.500. The molecule has 0 radical (unpaired) electrons. The van der Waals surface area contributed by atoms with E-state index in [0.717, 1.165) is 23.9 Å². The average molecular weight is 368 g/mol. The molecule has 5 rings (SSSR count). The Balaban J connectivity index is 1.49. The number of carbonyl (C=O) groups excluding carboxylic acids is 1. The third kappa shape index (κ3) is 2.56. The van der Waals surface area contributed by atoms with Crippen LogP contribution in [0.1, 0.15) is 25.5 Å². The molecule has 142 valence electrons. The largest absolute Gasteiger partial charge is 0.374 e. The van der Waals surface area contributed by atoms with Gasteiger partial charge in [-0.2, -0.15) is 0 Å². The second kappa shape index (κ2) is 5.81. The normalized spacial score (nSPS) is 26.4. The first-order chi connectivity index (χ1) is 13.1. The van der Waals surface area contributed by atoms with Gasteiger partial charge in [-0.1, -0.05) is 6.07 Å². The number of aromatic nitrogens is 1. The van der Waals surface area contributed by atoms with Crippen LogP contribution < -0.4 is 15.5 Å². The van der Waals surface area contributed by atoms with E-state index in [1.54, 1.807) is 7.11 Å². The standard InChI is InChI=1S/C20H24N4O3/c1-13(25)22-17-8-15-14(9-21-17)19(6-7-19)10-24(15)18-5-3-4-16(23-18)20(26-2)11-27-12-20/h3-5,8-9,15,21H,6-7,10-12H2,1-2H3,(H,22,25). The van der Waals surface area contributed by atoms with Crippen LogP contribution in [0.4, 0.5) is 5.82 Å². The quantitative estimate of drug-likeness (QED) is 0.837. The van der Waals surface area contributed by atoms with Crippen molar-refractivity contribution in [2.45, 2.75) is 31.4 Å². The smallest absolute Gasteiger partial charge is 0.222 e. The maximum atomic E-state index is 11.5. The van der Waals surface area contributed by atoms with Gasteiger partial charge >= 0.3 is 0 Å². The molecule has 1 saturated carbocycles. The predicted molar refractivity (Wildman–Crippen MR) is 99.7 cm³/mol. The lowest BCUT2D eigenvalue weighted by molar-refractivity contribution is -0.204. The van der Waals surface area contributed by atoms with E-state index in [-0.39, 0.29) is 17.4 Å². The van der Waals surface area contributed by atoms with Gasteiger partial charge in [0.2, 0.25) is 5.91 Å². The van der Waals surface area contributed by atoms with Crippen molar-refractivity contribution >= 4 is 11.7 Å². The second-order valence-electron chi connectivity index (χ2n) is 7.93. The summed E-state index contributed by atoms with van der Waals surface area (Å²) in [5.41, 5.74) is 2.11. The monoisotopic (exact) mass is 368 g/mol. The van der Waals surface area contributed by atoms with Crippen molar-refractivity contribution in [2.75, 3.05) is 31.8 Å². The molecule has 0 bridgehead atoms. The van der Waals surface area contributed by atoms with E-state index in [1.807, 2.05) is 12.1 Å². The number of anilines is 1. The Bertz CT molecular complexity index is 849. The highest BCUT2D eigenvalue weighted by atomic mass is 16.6. The number of rotatable bonds is 4. The summed E-state index contributed by atoms with van der Waals surface area (Å²) in [6.45, 7) is 3.54. The van der Waals surface area contributed by atoms with Crippen molar-refractivity contribution in [3.63, 3.8) is 0 Å². The first-order valence-electron chi connectivity index (χ1n) is 9.39. The highest BCUT2D eigenvalue weighted by molar-refractivity contribution is 5.75. The lowest BCUT2D eigenvalue weighted by atomic mass is 9.94. The van der Waals surface area contributed by atoms with Gasteiger partial charge in [0.05, 0.1) is 24.9 Å². The van der Waals surface area contributed by atoms with Gasteiger partial charge < -0.3 is 25.0 Å². The maximum Gasteiger partial charge on any atom is 0.222 e. The molecule has 2 saturated heterocycles. The summed E-state index contributed by atoms with van der Waals surface area (Å²) >= 11 is 0. The van der Waals surface area contributed by atoms with Gasteiger partial charge in [0.1, 0.15) is 11.6 Å². The van der Waals surface area contributed by atoms with Crippen molar-refractivity contribution in [1.82, 2.24) is 15.6 Å². The van der Waals surface area contributed by atoms with E-state index in [1.165, 1.54) is 25.3 Å². The SMILES string of the molecule is COC1(c2cccc(N3CC4(CC4)C4=CNC(NC(C)=O)=CC43)n2)COC1. The molecule has 7 nitrogen and oxygen atoms in total. The number of carbonyl (C=O) groups is 1. The van der Waals surface area contributed by atoms with Crippen LogP contribution in [0.3, 0.4) is 0 Å². The zero-order valence-corrected chi connectivity index (χ0v) is 15.6. The Hall–Kier alpha value is -2.38. The van der Waals surface area contributed by atoms with Crippen LogP contribution in [0.2, 0.25) is 0 Å². The molecule has 1 aromatic heterocycles. The third-order valence-corrected chi connectivity index (χ3v) is 6.17. The highest BCUT2D eigenvalue weighted by Crippen LogP contribution is 2.59. The molecule has 1 atom stereocenters.